The molecule has 0 saturated carbocycles. The van der Waals surface area contributed by atoms with Crippen molar-refractivity contribution in [1.82, 2.24) is 0 Å². The molecule has 1 aliphatic rings. The highest BCUT2D eigenvalue weighted by Crippen LogP contribution is 2.30. The highest BCUT2D eigenvalue weighted by molar-refractivity contribution is 5.90. The van der Waals surface area contributed by atoms with Crippen LogP contribution in [0.5, 0.6) is 0 Å². The third-order valence-electron chi connectivity index (χ3n) is 5.84. The molecule has 0 bridgehead atoms. The van der Waals surface area contributed by atoms with Crippen molar-refractivity contribution in [2.45, 2.75) is 44.1 Å². The van der Waals surface area contributed by atoms with Crippen LogP contribution in [0, 0.1) is 0 Å². The smallest absolute Gasteiger partial charge is 0.338 e. The normalized spacial score (nSPS) is 23.9. The molecule has 182 valence electrons. The highest BCUT2D eigenvalue weighted by Gasteiger charge is 2.49. The Morgan fingerprint density at radius 3 is 1.74 bits per heavy atom. The second kappa shape index (κ2) is 11.8. The van der Waals surface area contributed by atoms with E-state index in [9.17, 15) is 14.7 Å². The van der Waals surface area contributed by atoms with Crippen LogP contribution >= 0.6 is 0 Å². The maximum absolute atomic E-state index is 13.0. The lowest BCUT2D eigenvalue weighted by molar-refractivity contribution is -0.239. The van der Waals surface area contributed by atoms with E-state index in [-0.39, 0.29) is 13.2 Å². The summed E-state index contributed by atoms with van der Waals surface area (Å²) >= 11 is 0. The number of ether oxygens (including phenoxy) is 4. The molecule has 1 heterocycles. The maximum atomic E-state index is 13.0. The molecule has 0 aliphatic carbocycles. The van der Waals surface area contributed by atoms with Gasteiger partial charge in [-0.3, -0.25) is 0 Å². The van der Waals surface area contributed by atoms with Gasteiger partial charge >= 0.3 is 11.9 Å². The molecule has 0 spiro atoms. The standard InChI is InChI=1S/C28H28O7/c1-19-24(34-27(30)21-13-7-3-8-14-21)26(35-28(31)22-15-9-4-10-16-22)25(23(17-29)33-19)32-18-20-11-5-2-6-12-20/h2-16,19,23-26,29H,17-18H2,1H3/t19-,23?,24?,25+,26+/m0/s1. The summed E-state index contributed by atoms with van der Waals surface area (Å²) in [6.07, 6.45) is -4.30. The first-order valence-electron chi connectivity index (χ1n) is 11.5. The second-order valence-corrected chi connectivity index (χ2v) is 8.30. The molecule has 1 saturated heterocycles. The van der Waals surface area contributed by atoms with Crippen molar-refractivity contribution < 1.29 is 33.6 Å². The van der Waals surface area contributed by atoms with Crippen LogP contribution in [-0.2, 0) is 25.6 Å². The van der Waals surface area contributed by atoms with E-state index in [0.29, 0.717) is 11.1 Å². The number of benzene rings is 3. The predicted molar refractivity (Wildman–Crippen MR) is 128 cm³/mol. The van der Waals surface area contributed by atoms with E-state index in [4.69, 9.17) is 18.9 Å². The number of aliphatic hydroxyl groups excluding tert-OH is 1. The van der Waals surface area contributed by atoms with E-state index in [1.165, 1.54) is 0 Å². The second-order valence-electron chi connectivity index (χ2n) is 8.30. The van der Waals surface area contributed by atoms with Crippen molar-refractivity contribution in [3.05, 3.63) is 108 Å². The fourth-order valence-electron chi connectivity index (χ4n) is 4.04. The lowest BCUT2D eigenvalue weighted by Gasteiger charge is -2.44. The van der Waals surface area contributed by atoms with Crippen molar-refractivity contribution in [3.63, 3.8) is 0 Å². The van der Waals surface area contributed by atoms with Crippen LogP contribution in [0.1, 0.15) is 33.2 Å². The summed E-state index contributed by atoms with van der Waals surface area (Å²) in [4.78, 5) is 25.9. The molecule has 3 aromatic carbocycles. The molecule has 7 nitrogen and oxygen atoms in total. The van der Waals surface area contributed by atoms with Crippen LogP contribution in [-0.4, -0.2) is 54.2 Å². The van der Waals surface area contributed by atoms with Gasteiger partial charge in [0.05, 0.1) is 30.4 Å². The van der Waals surface area contributed by atoms with Gasteiger partial charge in [-0.1, -0.05) is 66.7 Å². The summed E-state index contributed by atoms with van der Waals surface area (Å²) in [6.45, 7) is 1.55. The van der Waals surface area contributed by atoms with Crippen LogP contribution < -0.4 is 0 Å². The van der Waals surface area contributed by atoms with Crippen LogP contribution in [0.4, 0.5) is 0 Å². The van der Waals surface area contributed by atoms with Gasteiger partial charge in [-0.2, -0.15) is 0 Å². The molecule has 0 aromatic heterocycles. The van der Waals surface area contributed by atoms with Crippen LogP contribution in [0.2, 0.25) is 0 Å². The van der Waals surface area contributed by atoms with Crippen molar-refractivity contribution >= 4 is 11.9 Å². The molecule has 2 unspecified atom stereocenters. The van der Waals surface area contributed by atoms with Gasteiger partial charge in [-0.25, -0.2) is 9.59 Å². The first-order chi connectivity index (χ1) is 17.1. The van der Waals surface area contributed by atoms with Crippen molar-refractivity contribution in [2.24, 2.45) is 0 Å². The molecule has 35 heavy (non-hydrogen) atoms. The third-order valence-corrected chi connectivity index (χ3v) is 5.84. The van der Waals surface area contributed by atoms with Crippen LogP contribution in [0.25, 0.3) is 0 Å². The highest BCUT2D eigenvalue weighted by atomic mass is 16.6. The Bertz CT molecular complexity index is 1090. The quantitative estimate of drug-likeness (QED) is 0.495. The Kier molecular flexibility index (Phi) is 8.26. The Morgan fingerprint density at radius 1 is 0.743 bits per heavy atom. The summed E-state index contributed by atoms with van der Waals surface area (Å²) < 4.78 is 23.8. The number of hydrogen-bond acceptors (Lipinski definition) is 7. The number of rotatable bonds is 8. The predicted octanol–water partition coefficient (Wildman–Crippen LogP) is 3.80. The Labute approximate surface area is 204 Å². The molecule has 3 aromatic rings. The summed E-state index contributed by atoms with van der Waals surface area (Å²) in [5.74, 6) is -1.16. The van der Waals surface area contributed by atoms with Crippen LogP contribution in [0.3, 0.4) is 0 Å². The molecule has 1 fully saturated rings. The van der Waals surface area contributed by atoms with Gasteiger partial charge in [-0.05, 0) is 36.8 Å². The molecule has 5 atom stereocenters. The van der Waals surface area contributed by atoms with E-state index in [0.717, 1.165) is 5.56 Å². The first kappa shape index (κ1) is 24.6. The van der Waals surface area contributed by atoms with Gasteiger partial charge < -0.3 is 24.1 Å². The number of carbonyl (C=O) groups is 2. The summed E-state index contributed by atoms with van der Waals surface area (Å²) in [5.41, 5.74) is 1.61. The lowest BCUT2D eigenvalue weighted by Crippen LogP contribution is -2.61. The first-order valence-corrected chi connectivity index (χ1v) is 11.5. The number of aliphatic hydroxyl groups is 1. The van der Waals surface area contributed by atoms with Gasteiger partial charge in [0, 0.05) is 0 Å². The number of esters is 2. The van der Waals surface area contributed by atoms with Gasteiger partial charge in [-0.15, -0.1) is 0 Å². The van der Waals surface area contributed by atoms with Gasteiger partial charge in [0.25, 0.3) is 0 Å². The number of hydrogen-bond donors (Lipinski definition) is 1. The fraction of sp³-hybridized carbons (Fsp3) is 0.286. The van der Waals surface area contributed by atoms with Crippen molar-refractivity contribution in [2.75, 3.05) is 6.61 Å². The summed E-state index contributed by atoms with van der Waals surface area (Å²) in [7, 11) is 0. The maximum Gasteiger partial charge on any atom is 0.338 e. The minimum absolute atomic E-state index is 0.193. The molecule has 0 radical (unpaired) electrons. The van der Waals surface area contributed by atoms with Gasteiger partial charge in [0.2, 0.25) is 0 Å². The largest absolute Gasteiger partial charge is 0.452 e. The molecule has 1 N–H and O–H groups in total. The van der Waals surface area contributed by atoms with Gasteiger partial charge in [0.1, 0.15) is 12.2 Å². The Hall–Kier alpha value is -3.52. The van der Waals surface area contributed by atoms with E-state index >= 15 is 0 Å². The van der Waals surface area contributed by atoms with E-state index in [2.05, 4.69) is 0 Å². The minimum atomic E-state index is -1.01. The van der Waals surface area contributed by atoms with Crippen molar-refractivity contribution in [3.8, 4) is 0 Å². The third kappa shape index (κ3) is 6.14. The van der Waals surface area contributed by atoms with Crippen molar-refractivity contribution in [1.29, 1.82) is 0 Å². The van der Waals surface area contributed by atoms with E-state index in [1.807, 2.05) is 30.3 Å². The Balaban J connectivity index is 1.62. The molecular weight excluding hydrogens is 448 g/mol. The molecule has 0 amide bonds. The lowest BCUT2D eigenvalue weighted by atomic mass is 9.94. The molecular formula is C28H28O7. The zero-order valence-corrected chi connectivity index (χ0v) is 19.4. The molecule has 4 rings (SSSR count). The zero-order chi connectivity index (χ0) is 24.6. The Morgan fingerprint density at radius 2 is 1.23 bits per heavy atom. The fourth-order valence-corrected chi connectivity index (χ4v) is 4.04. The summed E-state index contributed by atoms with van der Waals surface area (Å²) in [5, 5.41) is 10.0. The average Bonchev–Trinajstić information content (AvgIpc) is 2.91. The summed E-state index contributed by atoms with van der Waals surface area (Å²) in [6, 6.07) is 26.6. The van der Waals surface area contributed by atoms with Gasteiger partial charge in [0.15, 0.2) is 12.2 Å². The van der Waals surface area contributed by atoms with E-state index < -0.39 is 42.5 Å². The van der Waals surface area contributed by atoms with Crippen LogP contribution in [0.15, 0.2) is 91.0 Å². The topological polar surface area (TPSA) is 91.3 Å². The average molecular weight is 477 g/mol. The zero-order valence-electron chi connectivity index (χ0n) is 19.4. The number of carbonyl (C=O) groups excluding carboxylic acids is 2. The SMILES string of the molecule is C[C@@H]1OC(CO)[C@@H](OCc2ccccc2)[C@H](OC(=O)c2ccccc2)C1OC(=O)c1ccccc1. The molecule has 1 aliphatic heterocycles. The molecule has 7 heteroatoms. The minimum Gasteiger partial charge on any atom is -0.452 e. The van der Waals surface area contributed by atoms with E-state index in [1.54, 1.807) is 67.6 Å². The monoisotopic (exact) mass is 476 g/mol.